The summed E-state index contributed by atoms with van der Waals surface area (Å²) in [5.74, 6) is 3.86. The van der Waals surface area contributed by atoms with Crippen molar-refractivity contribution in [2.45, 2.75) is 32.6 Å². The van der Waals surface area contributed by atoms with Crippen molar-refractivity contribution in [3.05, 3.63) is 48.0 Å². The zero-order valence-corrected chi connectivity index (χ0v) is 14.9. The smallest absolute Gasteiger partial charge is 0.147 e. The van der Waals surface area contributed by atoms with Crippen LogP contribution in [-0.4, -0.2) is 13.7 Å². The van der Waals surface area contributed by atoms with Crippen LogP contribution < -0.4 is 9.47 Å². The highest BCUT2D eigenvalue weighted by molar-refractivity contribution is 5.62. The van der Waals surface area contributed by atoms with Crippen LogP contribution >= 0.6 is 0 Å². The summed E-state index contributed by atoms with van der Waals surface area (Å²) in [5.41, 5.74) is 2.02. The van der Waals surface area contributed by atoms with Crippen LogP contribution in [0.2, 0.25) is 0 Å². The largest absolute Gasteiger partial charge is 0.494 e. The number of terminal acetylenes is 1. The van der Waals surface area contributed by atoms with Gasteiger partial charge in [-0.3, -0.25) is 0 Å². The first-order chi connectivity index (χ1) is 12.3. The molecule has 2 rings (SSSR count). The summed E-state index contributed by atoms with van der Waals surface area (Å²) in [6, 6.07) is 13.1. The van der Waals surface area contributed by atoms with Crippen molar-refractivity contribution in [2.75, 3.05) is 13.7 Å². The van der Waals surface area contributed by atoms with E-state index in [1.165, 1.54) is 12.8 Å². The molecule has 2 aromatic carbocycles. The highest BCUT2D eigenvalue weighted by Gasteiger charge is 2.10. The van der Waals surface area contributed by atoms with Gasteiger partial charge in [0.15, 0.2) is 0 Å². The number of ether oxygens (including phenoxy) is 2. The zero-order chi connectivity index (χ0) is 17.9. The van der Waals surface area contributed by atoms with Crippen LogP contribution in [0.15, 0.2) is 52.7 Å². The summed E-state index contributed by atoms with van der Waals surface area (Å²) in [7, 11) is 1.59. The normalized spacial score (nSPS) is 10.6. The highest BCUT2D eigenvalue weighted by atomic mass is 16.5. The number of unbranched alkanes of at least 4 members (excludes halogenated alkanes) is 3. The average molecular weight is 336 g/mol. The lowest BCUT2D eigenvalue weighted by atomic mass is 10.1. The molecule has 0 aromatic heterocycles. The molecule has 130 valence electrons. The van der Waals surface area contributed by atoms with Crippen LogP contribution in [0.25, 0.3) is 0 Å². The van der Waals surface area contributed by atoms with Gasteiger partial charge in [0.2, 0.25) is 0 Å². The molecule has 0 saturated heterocycles. The lowest BCUT2D eigenvalue weighted by Gasteiger charge is -2.11. The van der Waals surface area contributed by atoms with E-state index in [0.29, 0.717) is 29.4 Å². The van der Waals surface area contributed by atoms with Gasteiger partial charge >= 0.3 is 0 Å². The predicted molar refractivity (Wildman–Crippen MR) is 101 cm³/mol. The standard InChI is InChI=1S/C21H24N2O2/c1-4-6-7-11-14-25-20-16-19(21(24-3)15-17(20)5-2)23-22-18-12-9-8-10-13-18/h2,8-10,12-13,15-16H,4,6-7,11,14H2,1,3H3. The Balaban J connectivity index is 2.18. The Morgan fingerprint density at radius 2 is 1.80 bits per heavy atom. The predicted octanol–water partition coefficient (Wildman–Crippen LogP) is 6.05. The topological polar surface area (TPSA) is 43.2 Å². The van der Waals surface area contributed by atoms with Gasteiger partial charge in [0.25, 0.3) is 0 Å². The van der Waals surface area contributed by atoms with Gasteiger partial charge in [-0.1, -0.05) is 50.3 Å². The molecule has 0 saturated carbocycles. The van der Waals surface area contributed by atoms with Crippen LogP contribution in [0.4, 0.5) is 11.4 Å². The van der Waals surface area contributed by atoms with Crippen LogP contribution in [0.5, 0.6) is 11.5 Å². The maximum atomic E-state index is 5.87. The monoisotopic (exact) mass is 336 g/mol. The molecule has 4 heteroatoms. The summed E-state index contributed by atoms with van der Waals surface area (Å²) >= 11 is 0. The molecule has 0 amide bonds. The second-order valence-corrected chi connectivity index (χ2v) is 5.61. The summed E-state index contributed by atoms with van der Waals surface area (Å²) in [4.78, 5) is 0. The first-order valence-electron chi connectivity index (χ1n) is 8.56. The van der Waals surface area contributed by atoms with Gasteiger partial charge in [-0.25, -0.2) is 0 Å². The van der Waals surface area contributed by atoms with Crippen molar-refractivity contribution in [2.24, 2.45) is 10.2 Å². The van der Waals surface area contributed by atoms with Gasteiger partial charge in [-0.05, 0) is 18.6 Å². The lowest BCUT2D eigenvalue weighted by Crippen LogP contribution is -1.99. The quantitative estimate of drug-likeness (QED) is 0.318. The number of methoxy groups -OCH3 is 1. The lowest BCUT2D eigenvalue weighted by molar-refractivity contribution is 0.304. The first kappa shape index (κ1) is 18.5. The highest BCUT2D eigenvalue weighted by Crippen LogP contribution is 2.35. The fraction of sp³-hybridized carbons (Fsp3) is 0.333. The molecule has 0 aliphatic heterocycles. The third kappa shape index (κ3) is 5.65. The Bertz CT molecular complexity index is 734. The van der Waals surface area contributed by atoms with Crippen molar-refractivity contribution >= 4 is 11.4 Å². The van der Waals surface area contributed by atoms with Crippen molar-refractivity contribution < 1.29 is 9.47 Å². The number of hydrogen-bond donors (Lipinski definition) is 0. The summed E-state index contributed by atoms with van der Waals surface area (Å²) in [6.07, 6.45) is 10.2. The van der Waals surface area contributed by atoms with E-state index in [1.807, 2.05) is 30.3 Å². The minimum absolute atomic E-state index is 0.575. The van der Waals surface area contributed by atoms with Crippen LogP contribution in [0.3, 0.4) is 0 Å². The van der Waals surface area contributed by atoms with Crippen LogP contribution in [-0.2, 0) is 0 Å². The summed E-state index contributed by atoms with van der Waals surface area (Å²) in [5, 5.41) is 8.53. The van der Waals surface area contributed by atoms with E-state index in [1.54, 1.807) is 19.2 Å². The molecule has 0 heterocycles. The molecule has 4 nitrogen and oxygen atoms in total. The van der Waals surface area contributed by atoms with Gasteiger partial charge in [0.05, 0.1) is 25.0 Å². The van der Waals surface area contributed by atoms with E-state index < -0.39 is 0 Å². The van der Waals surface area contributed by atoms with Gasteiger partial charge in [-0.2, -0.15) is 5.11 Å². The Labute approximate surface area is 149 Å². The third-order valence-electron chi connectivity index (χ3n) is 3.72. The molecule has 0 bridgehead atoms. The number of nitrogens with zero attached hydrogens (tertiary/aromatic N) is 2. The maximum Gasteiger partial charge on any atom is 0.147 e. The molecule has 0 unspecified atom stereocenters. The molecule has 0 aliphatic rings. The Morgan fingerprint density at radius 1 is 1.00 bits per heavy atom. The Morgan fingerprint density at radius 3 is 2.48 bits per heavy atom. The van der Waals surface area contributed by atoms with E-state index >= 15 is 0 Å². The summed E-state index contributed by atoms with van der Waals surface area (Å²) in [6.45, 7) is 2.82. The zero-order valence-electron chi connectivity index (χ0n) is 14.9. The van der Waals surface area contributed by atoms with E-state index in [0.717, 1.165) is 18.5 Å². The summed E-state index contributed by atoms with van der Waals surface area (Å²) < 4.78 is 11.3. The molecule has 0 fully saturated rings. The van der Waals surface area contributed by atoms with Gasteiger partial charge in [0.1, 0.15) is 17.2 Å². The fourth-order valence-electron chi connectivity index (χ4n) is 2.34. The fourth-order valence-corrected chi connectivity index (χ4v) is 2.34. The molecule has 0 atom stereocenters. The average Bonchev–Trinajstić information content (AvgIpc) is 2.66. The molecular weight excluding hydrogens is 312 g/mol. The Kier molecular flexibility index (Phi) is 7.52. The number of hydrogen-bond acceptors (Lipinski definition) is 4. The van der Waals surface area contributed by atoms with E-state index in [9.17, 15) is 0 Å². The molecule has 0 N–H and O–H groups in total. The van der Waals surface area contributed by atoms with Crippen molar-refractivity contribution in [3.63, 3.8) is 0 Å². The Hall–Kier alpha value is -2.80. The molecule has 0 radical (unpaired) electrons. The minimum Gasteiger partial charge on any atom is -0.494 e. The van der Waals surface area contributed by atoms with Gasteiger partial charge in [0, 0.05) is 12.1 Å². The maximum absolute atomic E-state index is 5.87. The van der Waals surface area contributed by atoms with Crippen molar-refractivity contribution in [3.8, 4) is 23.8 Å². The van der Waals surface area contributed by atoms with Crippen molar-refractivity contribution in [1.82, 2.24) is 0 Å². The molecule has 2 aromatic rings. The van der Waals surface area contributed by atoms with E-state index in [-0.39, 0.29) is 0 Å². The van der Waals surface area contributed by atoms with Gasteiger partial charge < -0.3 is 9.47 Å². The third-order valence-corrected chi connectivity index (χ3v) is 3.72. The second-order valence-electron chi connectivity index (χ2n) is 5.61. The number of benzene rings is 2. The molecule has 0 spiro atoms. The second kappa shape index (κ2) is 10.1. The van der Waals surface area contributed by atoms with Crippen LogP contribution in [0.1, 0.15) is 38.2 Å². The number of rotatable bonds is 9. The van der Waals surface area contributed by atoms with E-state index in [4.69, 9.17) is 15.9 Å². The number of azo groups is 1. The molecular formula is C21H24N2O2. The molecule has 0 aliphatic carbocycles. The molecule has 25 heavy (non-hydrogen) atoms. The van der Waals surface area contributed by atoms with E-state index in [2.05, 4.69) is 23.1 Å². The van der Waals surface area contributed by atoms with Gasteiger partial charge in [-0.15, -0.1) is 11.5 Å². The SMILES string of the molecule is C#Cc1cc(OC)c(N=Nc2ccccc2)cc1OCCCCCC. The minimum atomic E-state index is 0.575. The van der Waals surface area contributed by atoms with Crippen molar-refractivity contribution in [1.29, 1.82) is 0 Å². The van der Waals surface area contributed by atoms with Crippen LogP contribution in [0, 0.1) is 12.3 Å². The first-order valence-corrected chi connectivity index (χ1v) is 8.56.